The average molecular weight is 484 g/mol. The molecule has 0 atom stereocenters. The van der Waals surface area contributed by atoms with Crippen molar-refractivity contribution >= 4 is 39.5 Å². The van der Waals surface area contributed by atoms with Crippen LogP contribution in [-0.4, -0.2) is 55.4 Å². The van der Waals surface area contributed by atoms with Crippen LogP contribution in [-0.2, 0) is 6.54 Å². The van der Waals surface area contributed by atoms with E-state index in [0.29, 0.717) is 30.2 Å². The van der Waals surface area contributed by atoms with Gasteiger partial charge in [0, 0.05) is 49.7 Å². The Hall–Kier alpha value is -3.43. The van der Waals surface area contributed by atoms with E-state index in [1.807, 2.05) is 16.7 Å². The number of ether oxygens (including phenoxy) is 2. The predicted octanol–water partition coefficient (Wildman–Crippen LogP) is 2.95. The first-order valence-corrected chi connectivity index (χ1v) is 11.6. The van der Waals surface area contributed by atoms with Gasteiger partial charge in [-0.3, -0.25) is 4.90 Å². The summed E-state index contributed by atoms with van der Waals surface area (Å²) in [5, 5.41) is 1.23. The molecule has 0 unspecified atom stereocenters. The molecule has 4 aromatic rings. The molecule has 6 rings (SSSR count). The lowest BCUT2D eigenvalue weighted by Gasteiger charge is -2.37. The van der Waals surface area contributed by atoms with Crippen LogP contribution in [0.2, 0.25) is 5.02 Å². The first kappa shape index (κ1) is 21.1. The largest absolute Gasteiger partial charge is 0.486 e. The summed E-state index contributed by atoms with van der Waals surface area (Å²) in [5.74, 6) is 1.62. The molecular formula is C24H22ClN3O6. The minimum Gasteiger partial charge on any atom is -0.486 e. The summed E-state index contributed by atoms with van der Waals surface area (Å²) >= 11 is 6.22. The van der Waals surface area contributed by atoms with Crippen molar-refractivity contribution in [3.05, 3.63) is 62.3 Å². The molecule has 0 aliphatic carbocycles. The Morgan fingerprint density at radius 3 is 2.53 bits per heavy atom. The zero-order chi connectivity index (χ0) is 23.2. The van der Waals surface area contributed by atoms with Crippen LogP contribution in [0.1, 0.15) is 0 Å². The monoisotopic (exact) mass is 483 g/mol. The molecule has 2 aromatic carbocycles. The van der Waals surface area contributed by atoms with Gasteiger partial charge in [-0.15, -0.1) is 0 Å². The minimum atomic E-state index is -1.02. The van der Waals surface area contributed by atoms with E-state index in [-0.39, 0.29) is 11.3 Å². The number of para-hydroxylation sites is 1. The maximum atomic E-state index is 11.9. The molecule has 176 valence electrons. The summed E-state index contributed by atoms with van der Waals surface area (Å²) in [7, 11) is 0. The number of benzene rings is 2. The van der Waals surface area contributed by atoms with E-state index in [1.54, 1.807) is 18.2 Å². The van der Waals surface area contributed by atoms with Crippen molar-refractivity contribution in [2.45, 2.75) is 6.54 Å². The molecule has 34 heavy (non-hydrogen) atoms. The summed E-state index contributed by atoms with van der Waals surface area (Å²) in [6.45, 7) is 5.84. The first-order valence-electron chi connectivity index (χ1n) is 11.2. The van der Waals surface area contributed by atoms with Gasteiger partial charge in [-0.25, -0.2) is 9.59 Å². The number of fused-ring (bicyclic) bond motifs is 4. The maximum Gasteiger partial charge on any atom is 0.424 e. The summed E-state index contributed by atoms with van der Waals surface area (Å²) in [6.07, 6.45) is 0. The van der Waals surface area contributed by atoms with Crippen molar-refractivity contribution in [2.24, 2.45) is 0 Å². The van der Waals surface area contributed by atoms with Crippen LogP contribution in [0.15, 0.2) is 54.8 Å². The number of nitrogens with zero attached hydrogens (tertiary/aromatic N) is 3. The van der Waals surface area contributed by atoms with E-state index < -0.39 is 11.3 Å². The molecule has 9 nitrogen and oxygen atoms in total. The summed E-state index contributed by atoms with van der Waals surface area (Å²) < 4.78 is 24.0. The van der Waals surface area contributed by atoms with E-state index in [0.717, 1.165) is 55.4 Å². The van der Waals surface area contributed by atoms with E-state index in [2.05, 4.69) is 15.9 Å². The topological polar surface area (TPSA) is 90.3 Å². The van der Waals surface area contributed by atoms with E-state index >= 15 is 0 Å². The molecule has 0 radical (unpaired) electrons. The number of hydrogen-bond donors (Lipinski definition) is 0. The molecular weight excluding hydrogens is 462 g/mol. The Kier molecular flexibility index (Phi) is 5.23. The van der Waals surface area contributed by atoms with Gasteiger partial charge in [-0.05, 0) is 30.3 Å². The highest BCUT2D eigenvalue weighted by atomic mass is 35.5. The van der Waals surface area contributed by atoms with Crippen LogP contribution in [0.5, 0.6) is 11.5 Å². The molecule has 0 spiro atoms. The number of halogens is 1. The van der Waals surface area contributed by atoms with Gasteiger partial charge in [0.15, 0.2) is 11.5 Å². The van der Waals surface area contributed by atoms with Gasteiger partial charge in [-0.2, -0.15) is 0 Å². The molecule has 0 bridgehead atoms. The van der Waals surface area contributed by atoms with Gasteiger partial charge < -0.3 is 27.8 Å². The second-order valence-electron chi connectivity index (χ2n) is 8.36. The average Bonchev–Trinajstić information content (AvgIpc) is 3.14. The Balaban J connectivity index is 1.21. The Bertz CT molecular complexity index is 1500. The van der Waals surface area contributed by atoms with Crippen molar-refractivity contribution < 1.29 is 18.3 Å². The van der Waals surface area contributed by atoms with Gasteiger partial charge in [0.2, 0.25) is 11.3 Å². The fraction of sp³-hybridized carbons (Fsp3) is 0.333. The molecule has 2 aliphatic rings. The van der Waals surface area contributed by atoms with Crippen LogP contribution in [0.3, 0.4) is 0 Å². The number of anilines is 1. The van der Waals surface area contributed by atoms with Gasteiger partial charge in [0.05, 0.1) is 11.2 Å². The third-order valence-electron chi connectivity index (χ3n) is 6.38. The van der Waals surface area contributed by atoms with Crippen LogP contribution < -0.4 is 25.6 Å². The second-order valence-corrected chi connectivity index (χ2v) is 8.79. The molecule has 0 amide bonds. The van der Waals surface area contributed by atoms with Crippen molar-refractivity contribution in [1.82, 2.24) is 9.47 Å². The summed E-state index contributed by atoms with van der Waals surface area (Å²) in [4.78, 5) is 28.3. The Morgan fingerprint density at radius 1 is 0.882 bits per heavy atom. The summed E-state index contributed by atoms with van der Waals surface area (Å²) in [6, 6.07) is 11.3. The normalized spacial score (nSPS) is 16.4. The van der Waals surface area contributed by atoms with Crippen molar-refractivity contribution in [1.29, 1.82) is 0 Å². The van der Waals surface area contributed by atoms with Crippen molar-refractivity contribution in [2.75, 3.05) is 50.8 Å². The molecule has 2 aliphatic heterocycles. The van der Waals surface area contributed by atoms with E-state index in [9.17, 15) is 9.59 Å². The van der Waals surface area contributed by atoms with E-state index in [4.69, 9.17) is 29.9 Å². The zero-order valence-electron chi connectivity index (χ0n) is 18.3. The molecule has 2 aromatic heterocycles. The van der Waals surface area contributed by atoms with Crippen LogP contribution in [0, 0.1) is 0 Å². The third-order valence-corrected chi connectivity index (χ3v) is 6.62. The summed E-state index contributed by atoms with van der Waals surface area (Å²) in [5.41, 5.74) is 0.284. The lowest BCUT2D eigenvalue weighted by molar-refractivity contribution is 0.171. The van der Waals surface area contributed by atoms with Gasteiger partial charge in [-0.1, -0.05) is 17.7 Å². The highest BCUT2D eigenvalue weighted by Gasteiger charge is 2.24. The molecule has 1 fully saturated rings. The second kappa shape index (κ2) is 8.41. The highest BCUT2D eigenvalue weighted by Crippen LogP contribution is 2.39. The first-order chi connectivity index (χ1) is 16.6. The van der Waals surface area contributed by atoms with Crippen LogP contribution >= 0.6 is 11.6 Å². The molecule has 4 heterocycles. The lowest BCUT2D eigenvalue weighted by Crippen LogP contribution is -2.47. The third kappa shape index (κ3) is 3.61. The standard InChI is InChI=1S/C24H22ClN3O6/c25-15-4-5-16-18(14-15)28(22-20(16)33-23(29)24(30)34-22)11-8-26-6-9-27(10-7-26)17-2-1-3-19-21(17)32-13-12-31-19/h1-5,14H,6-13H2. The quantitative estimate of drug-likeness (QED) is 0.409. The molecule has 0 N–H and O–H groups in total. The SMILES string of the molecule is O=c1oc2c3ccc(Cl)cc3n(CCN3CCN(c4cccc5c4OCCO5)CC3)c2oc1=O. The van der Waals surface area contributed by atoms with Crippen molar-refractivity contribution in [3.63, 3.8) is 0 Å². The van der Waals surface area contributed by atoms with Crippen molar-refractivity contribution in [3.8, 4) is 11.5 Å². The number of hydrogen-bond acceptors (Lipinski definition) is 8. The van der Waals surface area contributed by atoms with Gasteiger partial charge >= 0.3 is 11.3 Å². The Morgan fingerprint density at radius 2 is 1.68 bits per heavy atom. The molecule has 10 heteroatoms. The van der Waals surface area contributed by atoms with E-state index in [1.165, 1.54) is 0 Å². The molecule has 1 saturated heterocycles. The number of piperazine rings is 1. The van der Waals surface area contributed by atoms with Gasteiger partial charge in [0.25, 0.3) is 0 Å². The van der Waals surface area contributed by atoms with Gasteiger partial charge in [0.1, 0.15) is 13.2 Å². The maximum absolute atomic E-state index is 11.9. The number of rotatable bonds is 4. The zero-order valence-corrected chi connectivity index (χ0v) is 19.0. The van der Waals surface area contributed by atoms with Crippen LogP contribution in [0.4, 0.5) is 5.69 Å². The highest BCUT2D eigenvalue weighted by molar-refractivity contribution is 6.31. The Labute approximate surface area is 198 Å². The van der Waals surface area contributed by atoms with Crippen LogP contribution in [0.25, 0.3) is 22.2 Å². The fourth-order valence-corrected chi connectivity index (χ4v) is 4.88. The lowest BCUT2D eigenvalue weighted by atomic mass is 10.2. The minimum absolute atomic E-state index is 0.244. The number of aromatic nitrogens is 1. The smallest absolute Gasteiger partial charge is 0.424 e. The predicted molar refractivity (Wildman–Crippen MR) is 128 cm³/mol. The fourth-order valence-electron chi connectivity index (χ4n) is 4.71. The molecule has 0 saturated carbocycles.